The molecule has 0 saturated carbocycles. The van der Waals surface area contributed by atoms with Gasteiger partial charge in [-0.1, -0.05) is 0 Å². The fourth-order valence-corrected chi connectivity index (χ4v) is 2.20. The Balaban J connectivity index is 2.44. The Kier molecular flexibility index (Phi) is 6.44. The maximum atomic E-state index is 11.7. The van der Waals surface area contributed by atoms with Crippen molar-refractivity contribution in [2.75, 3.05) is 13.7 Å². The first kappa shape index (κ1) is 15.6. The number of ether oxygens (including phenoxy) is 1. The van der Waals surface area contributed by atoms with Gasteiger partial charge < -0.3 is 15.2 Å². The standard InChI is InChI=1S/C12H18N2O4S/c1-8-13-9(7-19-8)6-11(15)14-10(12(16)17)4-3-5-18-2/h7,10H,3-6H2,1-2H3,(H,14,15)(H,16,17). The third kappa shape index (κ3) is 5.80. The number of thiazole rings is 1. The number of carbonyl (C=O) groups excluding carboxylic acids is 1. The largest absolute Gasteiger partial charge is 0.480 e. The molecule has 0 saturated heterocycles. The monoisotopic (exact) mass is 286 g/mol. The van der Waals surface area contributed by atoms with E-state index < -0.39 is 12.0 Å². The summed E-state index contributed by atoms with van der Waals surface area (Å²) < 4.78 is 4.86. The van der Waals surface area contributed by atoms with Crippen LogP contribution < -0.4 is 5.32 Å². The zero-order valence-corrected chi connectivity index (χ0v) is 11.8. The minimum Gasteiger partial charge on any atom is -0.480 e. The van der Waals surface area contributed by atoms with Crippen LogP contribution in [0.4, 0.5) is 0 Å². The fraction of sp³-hybridized carbons (Fsp3) is 0.583. The Morgan fingerprint density at radius 1 is 1.58 bits per heavy atom. The van der Waals surface area contributed by atoms with Gasteiger partial charge in [0.05, 0.1) is 17.1 Å². The van der Waals surface area contributed by atoms with E-state index >= 15 is 0 Å². The molecule has 0 radical (unpaired) electrons. The lowest BCUT2D eigenvalue weighted by Gasteiger charge is -2.13. The SMILES string of the molecule is COCCCC(NC(=O)Cc1csc(C)n1)C(=O)O. The molecule has 0 aromatic carbocycles. The van der Waals surface area contributed by atoms with E-state index in [9.17, 15) is 9.59 Å². The van der Waals surface area contributed by atoms with Crippen LogP contribution in [0, 0.1) is 6.92 Å². The van der Waals surface area contributed by atoms with Gasteiger partial charge in [0.15, 0.2) is 0 Å². The molecule has 1 atom stereocenters. The quantitative estimate of drug-likeness (QED) is 0.696. The number of carboxylic acids is 1. The van der Waals surface area contributed by atoms with Crippen molar-refractivity contribution in [2.24, 2.45) is 0 Å². The van der Waals surface area contributed by atoms with E-state index in [1.165, 1.54) is 11.3 Å². The van der Waals surface area contributed by atoms with Gasteiger partial charge in [-0.2, -0.15) is 0 Å². The smallest absolute Gasteiger partial charge is 0.326 e. The summed E-state index contributed by atoms with van der Waals surface area (Å²) in [4.78, 5) is 26.9. The number of aromatic nitrogens is 1. The molecule has 2 N–H and O–H groups in total. The molecular formula is C12H18N2O4S. The van der Waals surface area contributed by atoms with E-state index in [1.54, 1.807) is 12.5 Å². The summed E-state index contributed by atoms with van der Waals surface area (Å²) in [6.07, 6.45) is 1.05. The fourth-order valence-electron chi connectivity index (χ4n) is 1.59. The summed E-state index contributed by atoms with van der Waals surface area (Å²) in [5.74, 6) is -1.35. The topological polar surface area (TPSA) is 88.5 Å². The van der Waals surface area contributed by atoms with Crippen LogP contribution in [0.1, 0.15) is 23.5 Å². The second kappa shape index (κ2) is 7.85. The first-order chi connectivity index (χ1) is 9.02. The van der Waals surface area contributed by atoms with Crippen molar-refractivity contribution >= 4 is 23.2 Å². The predicted molar refractivity (Wildman–Crippen MR) is 71.2 cm³/mol. The zero-order valence-electron chi connectivity index (χ0n) is 11.0. The number of methoxy groups -OCH3 is 1. The number of carbonyl (C=O) groups is 2. The van der Waals surface area contributed by atoms with Gasteiger partial charge in [-0.3, -0.25) is 4.79 Å². The van der Waals surface area contributed by atoms with Crippen LogP contribution in [0.2, 0.25) is 0 Å². The first-order valence-electron chi connectivity index (χ1n) is 5.95. The molecule has 106 valence electrons. The maximum Gasteiger partial charge on any atom is 0.326 e. The Morgan fingerprint density at radius 3 is 2.84 bits per heavy atom. The van der Waals surface area contributed by atoms with Crippen molar-refractivity contribution in [1.82, 2.24) is 10.3 Å². The number of carboxylic acid groups (broad SMARTS) is 1. The average molecular weight is 286 g/mol. The Labute approximate surface area is 115 Å². The highest BCUT2D eigenvalue weighted by Gasteiger charge is 2.19. The molecule has 1 aromatic heterocycles. The number of hydrogen-bond acceptors (Lipinski definition) is 5. The summed E-state index contributed by atoms with van der Waals surface area (Å²) in [6, 6.07) is -0.873. The van der Waals surface area contributed by atoms with Crippen LogP contribution in [-0.2, 0) is 20.7 Å². The maximum absolute atomic E-state index is 11.7. The number of hydrogen-bond donors (Lipinski definition) is 2. The molecule has 19 heavy (non-hydrogen) atoms. The lowest BCUT2D eigenvalue weighted by atomic mass is 10.1. The molecule has 0 fully saturated rings. The van der Waals surface area contributed by atoms with Crippen molar-refractivity contribution in [3.8, 4) is 0 Å². The van der Waals surface area contributed by atoms with Gasteiger partial charge in [-0.25, -0.2) is 9.78 Å². The normalized spacial score (nSPS) is 12.1. The average Bonchev–Trinajstić information content (AvgIpc) is 2.73. The Bertz CT molecular complexity index is 433. The molecule has 0 aliphatic rings. The molecule has 1 heterocycles. The Hall–Kier alpha value is -1.47. The summed E-state index contributed by atoms with van der Waals surface area (Å²) >= 11 is 1.46. The van der Waals surface area contributed by atoms with Crippen LogP contribution in [0.3, 0.4) is 0 Å². The van der Waals surface area contributed by atoms with Crippen LogP contribution in [0.5, 0.6) is 0 Å². The van der Waals surface area contributed by atoms with E-state index in [0.717, 1.165) is 5.01 Å². The summed E-state index contributed by atoms with van der Waals surface area (Å²) in [5, 5.41) is 14.2. The minimum atomic E-state index is -1.03. The lowest BCUT2D eigenvalue weighted by molar-refractivity contribution is -0.142. The van der Waals surface area contributed by atoms with Gasteiger partial charge in [-0.05, 0) is 19.8 Å². The van der Waals surface area contributed by atoms with Crippen molar-refractivity contribution in [3.05, 3.63) is 16.1 Å². The van der Waals surface area contributed by atoms with Gasteiger partial charge in [0.2, 0.25) is 5.91 Å². The van der Waals surface area contributed by atoms with E-state index in [0.29, 0.717) is 25.1 Å². The lowest BCUT2D eigenvalue weighted by Crippen LogP contribution is -2.41. The molecule has 6 nitrogen and oxygen atoms in total. The zero-order chi connectivity index (χ0) is 14.3. The van der Waals surface area contributed by atoms with Crippen LogP contribution in [0.15, 0.2) is 5.38 Å². The second-order valence-electron chi connectivity index (χ2n) is 4.13. The molecule has 7 heteroatoms. The van der Waals surface area contributed by atoms with Crippen molar-refractivity contribution in [1.29, 1.82) is 0 Å². The molecule has 0 bridgehead atoms. The highest BCUT2D eigenvalue weighted by Crippen LogP contribution is 2.08. The molecule has 1 unspecified atom stereocenters. The molecule has 1 amide bonds. The van der Waals surface area contributed by atoms with Crippen LogP contribution in [0.25, 0.3) is 0 Å². The minimum absolute atomic E-state index is 0.110. The number of aryl methyl sites for hydroxylation is 1. The third-order valence-corrected chi connectivity index (χ3v) is 3.31. The van der Waals surface area contributed by atoms with E-state index in [1.807, 2.05) is 6.92 Å². The molecule has 0 aliphatic carbocycles. The van der Waals surface area contributed by atoms with Crippen molar-refractivity contribution < 1.29 is 19.4 Å². The molecule has 0 spiro atoms. The van der Waals surface area contributed by atoms with Gasteiger partial charge in [0, 0.05) is 19.1 Å². The van der Waals surface area contributed by atoms with E-state index in [-0.39, 0.29) is 12.3 Å². The number of nitrogens with one attached hydrogen (secondary N) is 1. The predicted octanol–water partition coefficient (Wildman–Crippen LogP) is 0.990. The van der Waals surface area contributed by atoms with Crippen LogP contribution >= 0.6 is 11.3 Å². The highest BCUT2D eigenvalue weighted by atomic mass is 32.1. The van der Waals surface area contributed by atoms with Gasteiger partial charge in [0.1, 0.15) is 6.04 Å². The van der Waals surface area contributed by atoms with E-state index in [2.05, 4.69) is 10.3 Å². The third-order valence-electron chi connectivity index (χ3n) is 2.48. The van der Waals surface area contributed by atoms with Crippen molar-refractivity contribution in [3.63, 3.8) is 0 Å². The van der Waals surface area contributed by atoms with Crippen molar-refractivity contribution in [2.45, 2.75) is 32.2 Å². The molecule has 1 aromatic rings. The molecule has 0 aliphatic heterocycles. The highest BCUT2D eigenvalue weighted by molar-refractivity contribution is 7.09. The molecular weight excluding hydrogens is 268 g/mol. The molecule has 1 rings (SSSR count). The number of aliphatic carboxylic acids is 1. The Morgan fingerprint density at radius 2 is 2.32 bits per heavy atom. The van der Waals surface area contributed by atoms with Crippen LogP contribution in [-0.4, -0.2) is 41.7 Å². The summed E-state index contributed by atoms with van der Waals surface area (Å²) in [5.41, 5.74) is 0.668. The van der Waals surface area contributed by atoms with E-state index in [4.69, 9.17) is 9.84 Å². The van der Waals surface area contributed by atoms with Gasteiger partial charge in [-0.15, -0.1) is 11.3 Å². The van der Waals surface area contributed by atoms with Gasteiger partial charge >= 0.3 is 5.97 Å². The second-order valence-corrected chi connectivity index (χ2v) is 5.19. The number of amides is 1. The number of rotatable bonds is 8. The summed E-state index contributed by atoms with van der Waals surface area (Å²) in [7, 11) is 1.55. The summed E-state index contributed by atoms with van der Waals surface area (Å²) in [6.45, 7) is 2.34. The van der Waals surface area contributed by atoms with Gasteiger partial charge in [0.25, 0.3) is 0 Å². The number of nitrogens with zero attached hydrogens (tertiary/aromatic N) is 1. The first-order valence-corrected chi connectivity index (χ1v) is 6.83.